The molecule has 3 unspecified atom stereocenters. The molecular formula is C43H31N4+. The molecule has 0 N–H and O–H groups in total. The van der Waals surface area contributed by atoms with Crippen molar-refractivity contribution in [1.82, 2.24) is 9.38 Å². The van der Waals surface area contributed by atoms with Crippen LogP contribution in [0.5, 0.6) is 0 Å². The minimum absolute atomic E-state index is 0.181. The van der Waals surface area contributed by atoms with Crippen LogP contribution in [-0.4, -0.2) is 15.1 Å². The Morgan fingerprint density at radius 2 is 1.55 bits per heavy atom. The number of aryl methyl sites for hydroxylation is 1. The van der Waals surface area contributed by atoms with Gasteiger partial charge in [0.1, 0.15) is 5.65 Å². The summed E-state index contributed by atoms with van der Waals surface area (Å²) in [5.74, 6) is 0.500. The summed E-state index contributed by atoms with van der Waals surface area (Å²) in [4.78, 5) is 10.4. The van der Waals surface area contributed by atoms with Crippen LogP contribution in [0.25, 0.3) is 60.6 Å². The van der Waals surface area contributed by atoms with E-state index in [1.807, 2.05) is 6.08 Å². The molecule has 1 aliphatic carbocycles. The largest absolute Gasteiger partial charge is 0.293 e. The van der Waals surface area contributed by atoms with Crippen LogP contribution in [0.15, 0.2) is 146 Å². The number of pyridine rings is 2. The standard InChI is InChI=1S/C43H31N4/c1-4-35(44-5-2)34-23-33-32-22-27(26-13-7-6-8-14-26)21-31-29-16-11-12-18-37(29)47(41(31)32)43(33)45-40(34)39-38-30-17-10-9-15-28(30)36-20-19-25(3)24-46(36)42(38)39/h4-24,38-39,42H,1-2H2,3H3/q+1. The van der Waals surface area contributed by atoms with Crippen molar-refractivity contribution >= 4 is 43.9 Å². The minimum Gasteiger partial charge on any atom is -0.293 e. The molecule has 4 heteroatoms. The average molecular weight is 604 g/mol. The molecule has 0 spiro atoms. The number of hydrogen-bond acceptors (Lipinski definition) is 2. The van der Waals surface area contributed by atoms with Crippen LogP contribution < -0.4 is 4.57 Å². The lowest BCUT2D eigenvalue weighted by molar-refractivity contribution is -0.693. The van der Waals surface area contributed by atoms with E-state index >= 15 is 0 Å². The van der Waals surface area contributed by atoms with E-state index in [1.165, 1.54) is 60.7 Å². The van der Waals surface area contributed by atoms with Gasteiger partial charge in [-0.2, -0.15) is 4.57 Å². The van der Waals surface area contributed by atoms with Crippen LogP contribution in [0, 0.1) is 6.92 Å². The molecule has 0 amide bonds. The summed E-state index contributed by atoms with van der Waals surface area (Å²) in [7, 11) is 0. The van der Waals surface area contributed by atoms with Crippen molar-refractivity contribution in [2.24, 2.45) is 4.99 Å². The van der Waals surface area contributed by atoms with Crippen molar-refractivity contribution in [3.05, 3.63) is 163 Å². The van der Waals surface area contributed by atoms with Gasteiger partial charge in [-0.25, -0.2) is 4.98 Å². The maximum atomic E-state index is 5.71. The zero-order valence-corrected chi connectivity index (χ0v) is 26.1. The summed E-state index contributed by atoms with van der Waals surface area (Å²) < 4.78 is 4.88. The molecule has 0 bridgehead atoms. The van der Waals surface area contributed by atoms with Crippen molar-refractivity contribution in [2.75, 3.05) is 0 Å². The zero-order valence-electron chi connectivity index (χ0n) is 26.1. The Morgan fingerprint density at radius 1 is 0.787 bits per heavy atom. The summed E-state index contributed by atoms with van der Waals surface area (Å²) in [6.45, 7) is 10.3. The summed E-state index contributed by atoms with van der Waals surface area (Å²) in [5, 5.41) is 4.81. The Hall–Kier alpha value is -5.87. The average Bonchev–Trinajstić information content (AvgIpc) is 3.67. The summed E-state index contributed by atoms with van der Waals surface area (Å²) in [5.41, 5.74) is 13.9. The lowest BCUT2D eigenvalue weighted by Gasteiger charge is -2.13. The molecule has 47 heavy (non-hydrogen) atoms. The predicted molar refractivity (Wildman–Crippen MR) is 193 cm³/mol. The first-order chi connectivity index (χ1) is 23.2. The minimum atomic E-state index is 0.181. The second-order valence-corrected chi connectivity index (χ2v) is 13.0. The van der Waals surface area contributed by atoms with Crippen LogP contribution in [0.2, 0.25) is 0 Å². The lowest BCUT2D eigenvalue weighted by atomic mass is 9.95. The molecule has 0 saturated heterocycles. The van der Waals surface area contributed by atoms with Gasteiger partial charge >= 0.3 is 0 Å². The van der Waals surface area contributed by atoms with Gasteiger partial charge in [-0.05, 0) is 66.1 Å². The second kappa shape index (κ2) is 9.57. The summed E-state index contributed by atoms with van der Waals surface area (Å²) >= 11 is 0. The van der Waals surface area contributed by atoms with E-state index in [4.69, 9.17) is 9.98 Å². The van der Waals surface area contributed by atoms with Crippen LogP contribution in [0.3, 0.4) is 0 Å². The highest BCUT2D eigenvalue weighted by Gasteiger charge is 2.64. The van der Waals surface area contributed by atoms with E-state index in [9.17, 15) is 0 Å². The van der Waals surface area contributed by atoms with Crippen LogP contribution in [0.4, 0.5) is 0 Å². The number of aliphatic imine (C=N–C) groups is 1. The predicted octanol–water partition coefficient (Wildman–Crippen LogP) is 9.72. The summed E-state index contributed by atoms with van der Waals surface area (Å²) in [6, 6.07) is 40.0. The monoisotopic (exact) mass is 603 g/mol. The molecule has 1 fully saturated rings. The van der Waals surface area contributed by atoms with Gasteiger partial charge in [0, 0.05) is 50.5 Å². The fourth-order valence-electron chi connectivity index (χ4n) is 8.47. The number of fused-ring (bicyclic) bond motifs is 12. The normalized spacial score (nSPS) is 18.4. The Bertz CT molecular complexity index is 2640. The van der Waals surface area contributed by atoms with Gasteiger partial charge in [-0.1, -0.05) is 79.9 Å². The van der Waals surface area contributed by atoms with E-state index in [0.29, 0.717) is 5.92 Å². The van der Waals surface area contributed by atoms with Gasteiger partial charge in [-0.3, -0.25) is 9.39 Å². The highest BCUT2D eigenvalue weighted by atomic mass is 15.1. The van der Waals surface area contributed by atoms with E-state index in [2.05, 4.69) is 144 Å². The van der Waals surface area contributed by atoms with Gasteiger partial charge in [0.2, 0.25) is 5.69 Å². The number of nitrogens with zero attached hydrogens (tertiary/aromatic N) is 4. The number of benzene rings is 4. The molecule has 8 aromatic rings. The number of rotatable bonds is 5. The van der Waals surface area contributed by atoms with Gasteiger partial charge in [0.15, 0.2) is 12.2 Å². The van der Waals surface area contributed by atoms with Gasteiger partial charge in [0.25, 0.3) is 0 Å². The number of para-hydroxylation sites is 1. The summed E-state index contributed by atoms with van der Waals surface area (Å²) in [6.07, 6.45) is 5.77. The third-order valence-corrected chi connectivity index (χ3v) is 10.4. The Morgan fingerprint density at radius 3 is 2.38 bits per heavy atom. The van der Waals surface area contributed by atoms with Gasteiger partial charge < -0.3 is 0 Å². The van der Waals surface area contributed by atoms with Gasteiger partial charge in [0.05, 0.1) is 34.3 Å². The highest BCUT2D eigenvalue weighted by Crippen LogP contribution is 2.65. The maximum absolute atomic E-state index is 5.71. The van der Waals surface area contributed by atoms with Crippen molar-refractivity contribution in [3.8, 4) is 22.4 Å². The quantitative estimate of drug-likeness (QED) is 0.142. The van der Waals surface area contributed by atoms with Crippen molar-refractivity contribution < 1.29 is 4.57 Å². The van der Waals surface area contributed by atoms with E-state index in [-0.39, 0.29) is 12.0 Å². The number of allylic oxidation sites excluding steroid dienone is 1. The van der Waals surface area contributed by atoms with Crippen LogP contribution >= 0.6 is 0 Å². The molecule has 222 valence electrons. The molecule has 3 atom stereocenters. The zero-order chi connectivity index (χ0) is 31.4. The third-order valence-electron chi connectivity index (χ3n) is 10.4. The van der Waals surface area contributed by atoms with Crippen LogP contribution in [-0.2, 0) is 0 Å². The van der Waals surface area contributed by atoms with Crippen molar-refractivity contribution in [1.29, 1.82) is 0 Å². The first kappa shape index (κ1) is 26.4. The molecule has 0 radical (unpaired) electrons. The molecule has 10 rings (SSSR count). The smallest absolute Gasteiger partial charge is 0.213 e. The first-order valence-electron chi connectivity index (χ1n) is 16.3. The molecule has 4 aromatic heterocycles. The number of aromatic nitrogens is 3. The molecule has 5 heterocycles. The topological polar surface area (TPSA) is 33.5 Å². The molecular weight excluding hydrogens is 573 g/mol. The fraction of sp³-hybridized carbons (Fsp3) is 0.0930. The highest BCUT2D eigenvalue weighted by molar-refractivity contribution is 6.25. The molecule has 4 nitrogen and oxygen atoms in total. The Labute approximate surface area is 272 Å². The van der Waals surface area contributed by atoms with E-state index in [0.717, 1.165) is 28.0 Å². The van der Waals surface area contributed by atoms with Crippen molar-refractivity contribution in [3.63, 3.8) is 0 Å². The van der Waals surface area contributed by atoms with Crippen molar-refractivity contribution in [2.45, 2.75) is 24.8 Å². The van der Waals surface area contributed by atoms with E-state index in [1.54, 1.807) is 6.20 Å². The lowest BCUT2D eigenvalue weighted by Crippen LogP contribution is -2.38. The number of hydrogen-bond donors (Lipinski definition) is 0. The van der Waals surface area contributed by atoms with Gasteiger partial charge in [-0.15, -0.1) is 0 Å². The second-order valence-electron chi connectivity index (χ2n) is 13.0. The molecule has 1 aliphatic heterocycles. The third kappa shape index (κ3) is 3.55. The molecule has 1 saturated carbocycles. The fourth-order valence-corrected chi connectivity index (χ4v) is 8.47. The molecule has 4 aromatic carbocycles. The van der Waals surface area contributed by atoms with Crippen LogP contribution in [0.1, 0.15) is 40.3 Å². The first-order valence-corrected chi connectivity index (χ1v) is 16.3. The SMILES string of the molecule is C=CN=C(C=C)c1cc2c3cc(-c4ccccc4)cc4c5ccccc5n(c2nc1C1C2c5ccccc5-c5ccc(C)c[n+]5C21)c43. The maximum Gasteiger partial charge on any atom is 0.213 e. The Balaban J connectivity index is 1.31. The molecule has 2 aliphatic rings. The Kier molecular flexibility index (Phi) is 5.37. The van der Waals surface area contributed by atoms with E-state index < -0.39 is 0 Å².